The summed E-state index contributed by atoms with van der Waals surface area (Å²) < 4.78 is 6.32. The maximum absolute atomic E-state index is 13.2. The molecule has 0 radical (unpaired) electrons. The van der Waals surface area contributed by atoms with Crippen LogP contribution >= 0.6 is 15.9 Å². The van der Waals surface area contributed by atoms with E-state index >= 15 is 0 Å². The third kappa shape index (κ3) is 6.30. The van der Waals surface area contributed by atoms with Gasteiger partial charge in [-0.25, -0.2) is 0 Å². The molecule has 1 atom stereocenters. The number of carbonyl (C=O) groups is 1. The molecule has 2 rings (SSSR count). The quantitative estimate of drug-likeness (QED) is 0.196. The van der Waals surface area contributed by atoms with Gasteiger partial charge in [-0.05, 0) is 43.9 Å². The van der Waals surface area contributed by atoms with Crippen LogP contribution in [0.5, 0.6) is 0 Å². The molecule has 2 aromatic carbocycles. The third-order valence-electron chi connectivity index (χ3n) is 4.74. The van der Waals surface area contributed by atoms with Crippen LogP contribution in [-0.2, 0) is 27.4 Å². The molecular formula is C24H25BrN2O3. The second-order valence-electron chi connectivity index (χ2n) is 6.74. The van der Waals surface area contributed by atoms with Gasteiger partial charge in [0.2, 0.25) is 0 Å². The average Bonchev–Trinajstić information content (AvgIpc) is 2.75. The second kappa shape index (κ2) is 11.9. The van der Waals surface area contributed by atoms with Crippen LogP contribution in [0.4, 0.5) is 0 Å². The van der Waals surface area contributed by atoms with Crippen molar-refractivity contribution in [2.24, 2.45) is 10.6 Å². The van der Waals surface area contributed by atoms with Gasteiger partial charge in [-0.15, -0.1) is 0 Å². The third-order valence-corrected chi connectivity index (χ3v) is 5.52. The molecule has 2 aromatic rings. The van der Waals surface area contributed by atoms with Crippen molar-refractivity contribution in [1.29, 1.82) is 5.26 Å². The van der Waals surface area contributed by atoms with E-state index in [1.165, 1.54) is 6.08 Å². The highest BCUT2D eigenvalue weighted by Crippen LogP contribution is 2.34. The summed E-state index contributed by atoms with van der Waals surface area (Å²) in [6, 6.07) is 19.4. The van der Waals surface area contributed by atoms with E-state index in [1.54, 1.807) is 19.9 Å². The molecule has 0 saturated carbocycles. The van der Waals surface area contributed by atoms with Gasteiger partial charge in [0.1, 0.15) is 12.0 Å². The maximum atomic E-state index is 13.2. The summed E-state index contributed by atoms with van der Waals surface area (Å²) in [5, 5.41) is 13.2. The summed E-state index contributed by atoms with van der Waals surface area (Å²) in [5.41, 5.74) is 1.32. The van der Waals surface area contributed by atoms with E-state index in [1.807, 2.05) is 60.7 Å². The summed E-state index contributed by atoms with van der Waals surface area (Å²) in [4.78, 5) is 18.7. The van der Waals surface area contributed by atoms with Crippen LogP contribution in [0, 0.1) is 16.7 Å². The lowest BCUT2D eigenvalue weighted by Gasteiger charge is -2.30. The fourth-order valence-electron chi connectivity index (χ4n) is 3.07. The van der Waals surface area contributed by atoms with Crippen LogP contribution in [0.1, 0.15) is 31.4 Å². The Morgan fingerprint density at radius 2 is 1.90 bits per heavy atom. The Labute approximate surface area is 186 Å². The zero-order valence-corrected chi connectivity index (χ0v) is 18.8. The number of hydrogen-bond acceptors (Lipinski definition) is 5. The van der Waals surface area contributed by atoms with Gasteiger partial charge in [-0.2, -0.15) is 5.26 Å². The second-order valence-corrected chi connectivity index (χ2v) is 7.60. The van der Waals surface area contributed by atoms with Crippen molar-refractivity contribution in [2.45, 2.75) is 33.3 Å². The smallest absolute Gasteiger partial charge is 0.318 e. The number of hydrogen-bond donors (Lipinski definition) is 0. The molecular weight excluding hydrogens is 444 g/mol. The Bertz CT molecular complexity index is 935. The molecule has 0 bridgehead atoms. The molecule has 0 amide bonds. The predicted octanol–water partition coefficient (Wildman–Crippen LogP) is 5.60. The largest absolute Gasteiger partial charge is 0.465 e. The van der Waals surface area contributed by atoms with Crippen molar-refractivity contribution in [3.8, 4) is 6.07 Å². The fourth-order valence-corrected chi connectivity index (χ4v) is 3.49. The van der Waals surface area contributed by atoms with Gasteiger partial charge in [0.25, 0.3) is 0 Å². The number of nitrogens with zero attached hydrogens (tertiary/aromatic N) is 2. The molecule has 0 spiro atoms. The van der Waals surface area contributed by atoms with Crippen molar-refractivity contribution in [1.82, 2.24) is 0 Å². The summed E-state index contributed by atoms with van der Waals surface area (Å²) in [5.74, 6) is -0.395. The monoisotopic (exact) mass is 468 g/mol. The minimum absolute atomic E-state index is 0.247. The molecule has 0 fully saturated rings. The fraction of sp³-hybridized carbons (Fsp3) is 0.292. The van der Waals surface area contributed by atoms with Crippen LogP contribution in [-0.4, -0.2) is 18.3 Å². The lowest BCUT2D eigenvalue weighted by atomic mass is 9.75. The van der Waals surface area contributed by atoms with Gasteiger partial charge in [0, 0.05) is 10.5 Å². The Kier molecular flexibility index (Phi) is 9.30. The number of rotatable bonds is 10. The highest BCUT2D eigenvalue weighted by molar-refractivity contribution is 9.10. The lowest BCUT2D eigenvalue weighted by Crippen LogP contribution is -2.41. The van der Waals surface area contributed by atoms with Crippen LogP contribution in [0.15, 0.2) is 76.4 Å². The molecule has 0 aliphatic carbocycles. The lowest BCUT2D eigenvalue weighted by molar-refractivity contribution is -0.151. The summed E-state index contributed by atoms with van der Waals surface area (Å²) in [6.07, 6.45) is 3.66. The van der Waals surface area contributed by atoms with E-state index in [9.17, 15) is 4.79 Å². The van der Waals surface area contributed by atoms with Gasteiger partial charge in [-0.1, -0.05) is 75.7 Å². The van der Waals surface area contributed by atoms with E-state index in [0.717, 1.165) is 15.6 Å². The first-order valence-corrected chi connectivity index (χ1v) is 10.5. The van der Waals surface area contributed by atoms with Gasteiger partial charge >= 0.3 is 5.97 Å². The molecule has 5 nitrogen and oxygen atoms in total. The molecule has 30 heavy (non-hydrogen) atoms. The number of carbonyl (C=O) groups excluding carboxylic acids is 1. The molecule has 0 aliphatic heterocycles. The van der Waals surface area contributed by atoms with Crippen molar-refractivity contribution in [3.63, 3.8) is 0 Å². The van der Waals surface area contributed by atoms with Crippen molar-refractivity contribution in [3.05, 3.63) is 82.3 Å². The SMILES string of the molecule is CCOC(=O)C(C/C=C/C#N)(Cc1ccccc1Br)/C(C)=N/OCc1ccccc1. The first-order valence-electron chi connectivity index (χ1n) is 9.69. The van der Waals surface area contributed by atoms with Crippen LogP contribution in [0.2, 0.25) is 0 Å². The Hall–Kier alpha value is -2.91. The van der Waals surface area contributed by atoms with Crippen LogP contribution in [0.3, 0.4) is 0 Å². The van der Waals surface area contributed by atoms with Gasteiger partial charge in [0.15, 0.2) is 0 Å². The maximum Gasteiger partial charge on any atom is 0.318 e. The first kappa shape index (κ1) is 23.4. The zero-order valence-electron chi connectivity index (χ0n) is 17.2. The molecule has 0 heterocycles. The number of nitriles is 1. The number of allylic oxidation sites excluding steroid dienone is 2. The highest BCUT2D eigenvalue weighted by atomic mass is 79.9. The zero-order chi connectivity index (χ0) is 21.8. The van der Waals surface area contributed by atoms with Crippen molar-refractivity contribution < 1.29 is 14.4 Å². The number of ether oxygens (including phenoxy) is 1. The number of esters is 1. The van der Waals surface area contributed by atoms with Gasteiger partial charge < -0.3 is 9.57 Å². The van der Waals surface area contributed by atoms with Crippen LogP contribution < -0.4 is 0 Å². The molecule has 6 heteroatoms. The minimum Gasteiger partial charge on any atom is -0.465 e. The average molecular weight is 469 g/mol. The van der Waals surface area contributed by atoms with E-state index in [-0.39, 0.29) is 13.0 Å². The number of oxime groups is 1. The standard InChI is InChI=1S/C24H25BrN2O3/c1-3-29-23(28)24(15-9-10-16-26,17-21-13-7-8-14-22(21)25)19(2)27-30-18-20-11-5-4-6-12-20/h4-14H,3,15,17-18H2,1-2H3/b10-9+,27-19+. The Morgan fingerprint density at radius 1 is 1.20 bits per heavy atom. The van der Waals surface area contributed by atoms with E-state index < -0.39 is 11.4 Å². The van der Waals surface area contributed by atoms with E-state index in [0.29, 0.717) is 18.7 Å². The van der Waals surface area contributed by atoms with Gasteiger partial charge in [-0.3, -0.25) is 4.79 Å². The van der Waals surface area contributed by atoms with E-state index in [4.69, 9.17) is 14.8 Å². The molecule has 0 saturated heterocycles. The van der Waals surface area contributed by atoms with Crippen molar-refractivity contribution in [2.75, 3.05) is 6.61 Å². The van der Waals surface area contributed by atoms with Crippen LogP contribution in [0.25, 0.3) is 0 Å². The Morgan fingerprint density at radius 3 is 2.57 bits per heavy atom. The molecule has 1 unspecified atom stereocenters. The summed E-state index contributed by atoms with van der Waals surface area (Å²) in [6.45, 7) is 4.07. The van der Waals surface area contributed by atoms with E-state index in [2.05, 4.69) is 21.1 Å². The van der Waals surface area contributed by atoms with Crippen molar-refractivity contribution >= 4 is 27.6 Å². The highest BCUT2D eigenvalue weighted by Gasteiger charge is 2.43. The topological polar surface area (TPSA) is 71.7 Å². The van der Waals surface area contributed by atoms with Gasteiger partial charge in [0.05, 0.1) is 18.4 Å². The molecule has 0 N–H and O–H groups in total. The minimum atomic E-state index is -1.09. The Balaban J connectivity index is 2.40. The predicted molar refractivity (Wildman–Crippen MR) is 121 cm³/mol. The number of benzene rings is 2. The normalized spacial score (nSPS) is 13.5. The molecule has 0 aliphatic rings. The molecule has 0 aromatic heterocycles. The first-order chi connectivity index (χ1) is 14.5. The summed E-state index contributed by atoms with van der Waals surface area (Å²) >= 11 is 3.56. The molecule has 156 valence electrons. The summed E-state index contributed by atoms with van der Waals surface area (Å²) in [7, 11) is 0. The number of halogens is 1.